The molecule has 34 heavy (non-hydrogen) atoms. The normalized spacial score (nSPS) is 19.0. The molecule has 2 aromatic carbocycles. The van der Waals surface area contributed by atoms with Crippen LogP contribution in [0.4, 0.5) is 4.79 Å². The Labute approximate surface area is 200 Å². The quantitative estimate of drug-likeness (QED) is 0.633. The van der Waals surface area contributed by atoms with Crippen LogP contribution in [0.5, 0.6) is 0 Å². The van der Waals surface area contributed by atoms with Gasteiger partial charge in [0.15, 0.2) is 0 Å². The lowest BCUT2D eigenvalue weighted by Crippen LogP contribution is -2.59. The van der Waals surface area contributed by atoms with Gasteiger partial charge < -0.3 is 20.1 Å². The Morgan fingerprint density at radius 3 is 2.29 bits per heavy atom. The molecule has 1 saturated heterocycles. The van der Waals surface area contributed by atoms with E-state index < -0.39 is 23.5 Å². The molecule has 1 heterocycles. The number of fused-ring (bicyclic) bond motifs is 3. The molecule has 180 valence electrons. The molecule has 0 bridgehead atoms. The van der Waals surface area contributed by atoms with E-state index in [1.807, 2.05) is 31.2 Å². The van der Waals surface area contributed by atoms with Crippen molar-refractivity contribution in [3.63, 3.8) is 0 Å². The molecule has 1 aliphatic heterocycles. The number of alkyl carbamates (subject to hydrolysis) is 1. The van der Waals surface area contributed by atoms with Crippen molar-refractivity contribution in [3.8, 4) is 11.1 Å². The zero-order valence-electron chi connectivity index (χ0n) is 19.8. The number of carboxylic acids is 1. The van der Waals surface area contributed by atoms with Crippen LogP contribution in [-0.4, -0.2) is 53.2 Å². The van der Waals surface area contributed by atoms with Gasteiger partial charge in [-0.3, -0.25) is 9.59 Å². The lowest BCUT2D eigenvalue weighted by molar-refractivity contribution is -0.147. The number of nitrogens with zero attached hydrogens (tertiary/aromatic N) is 1. The van der Waals surface area contributed by atoms with Gasteiger partial charge in [-0.15, -0.1) is 0 Å². The predicted molar refractivity (Wildman–Crippen MR) is 128 cm³/mol. The third-order valence-corrected chi connectivity index (χ3v) is 7.00. The van der Waals surface area contributed by atoms with Gasteiger partial charge in [-0.2, -0.15) is 0 Å². The van der Waals surface area contributed by atoms with Gasteiger partial charge in [0.05, 0.1) is 5.92 Å². The summed E-state index contributed by atoms with van der Waals surface area (Å²) in [6.07, 6.45) is 1.67. The molecule has 1 fully saturated rings. The number of rotatable bonds is 7. The zero-order valence-corrected chi connectivity index (χ0v) is 19.8. The fourth-order valence-corrected chi connectivity index (χ4v) is 5.29. The number of amides is 2. The first-order chi connectivity index (χ1) is 16.3. The van der Waals surface area contributed by atoms with Crippen LogP contribution in [0.25, 0.3) is 11.1 Å². The van der Waals surface area contributed by atoms with Crippen LogP contribution in [-0.2, 0) is 14.3 Å². The number of benzene rings is 2. The molecule has 2 aliphatic rings. The Bertz CT molecular complexity index is 1040. The number of carbonyl (C=O) groups is 3. The van der Waals surface area contributed by atoms with Gasteiger partial charge in [-0.25, -0.2) is 4.79 Å². The van der Waals surface area contributed by atoms with Gasteiger partial charge in [0.1, 0.15) is 12.1 Å². The molecule has 2 N–H and O–H groups in total. The minimum absolute atomic E-state index is 0.0651. The van der Waals surface area contributed by atoms with E-state index in [-0.39, 0.29) is 25.0 Å². The van der Waals surface area contributed by atoms with Crippen molar-refractivity contribution < 1.29 is 24.2 Å². The van der Waals surface area contributed by atoms with E-state index in [0.29, 0.717) is 32.2 Å². The van der Waals surface area contributed by atoms with Crippen LogP contribution in [0.3, 0.4) is 0 Å². The Morgan fingerprint density at radius 2 is 1.71 bits per heavy atom. The lowest BCUT2D eigenvalue weighted by atomic mass is 9.91. The van der Waals surface area contributed by atoms with Crippen molar-refractivity contribution in [2.24, 2.45) is 5.92 Å². The number of likely N-dealkylation sites (tertiary alicyclic amines) is 1. The van der Waals surface area contributed by atoms with Gasteiger partial charge in [0.25, 0.3) is 0 Å². The van der Waals surface area contributed by atoms with E-state index in [0.717, 1.165) is 22.3 Å². The molecule has 7 nitrogen and oxygen atoms in total. The maximum absolute atomic E-state index is 13.4. The van der Waals surface area contributed by atoms with Gasteiger partial charge in [0.2, 0.25) is 5.91 Å². The molecule has 4 rings (SSSR count). The molecule has 0 radical (unpaired) electrons. The summed E-state index contributed by atoms with van der Waals surface area (Å²) < 4.78 is 5.66. The molecule has 2 atom stereocenters. The number of nitrogens with one attached hydrogen (secondary N) is 1. The summed E-state index contributed by atoms with van der Waals surface area (Å²) >= 11 is 0. The molecule has 2 aromatic rings. The molecular weight excluding hydrogens is 432 g/mol. The third-order valence-electron chi connectivity index (χ3n) is 7.00. The van der Waals surface area contributed by atoms with Crippen LogP contribution in [0, 0.1) is 5.92 Å². The summed E-state index contributed by atoms with van der Waals surface area (Å²) in [7, 11) is 0. The lowest BCUT2D eigenvalue weighted by Gasteiger charge is -2.38. The van der Waals surface area contributed by atoms with Gasteiger partial charge in [-0.1, -0.05) is 61.9 Å². The van der Waals surface area contributed by atoms with Crippen LogP contribution in [0.15, 0.2) is 48.5 Å². The van der Waals surface area contributed by atoms with Crippen molar-refractivity contribution in [1.29, 1.82) is 0 Å². The Balaban J connectivity index is 1.44. The van der Waals surface area contributed by atoms with Crippen LogP contribution < -0.4 is 5.32 Å². The van der Waals surface area contributed by atoms with Crippen molar-refractivity contribution in [2.45, 2.75) is 51.0 Å². The highest BCUT2D eigenvalue weighted by Crippen LogP contribution is 2.44. The maximum atomic E-state index is 13.4. The third kappa shape index (κ3) is 4.65. The minimum atomic E-state index is -1.16. The maximum Gasteiger partial charge on any atom is 0.408 e. The summed E-state index contributed by atoms with van der Waals surface area (Å²) in [5.74, 6) is -1.78. The van der Waals surface area contributed by atoms with Crippen LogP contribution in [0.2, 0.25) is 0 Å². The topological polar surface area (TPSA) is 95.9 Å². The Morgan fingerprint density at radius 1 is 1.09 bits per heavy atom. The predicted octanol–water partition coefficient (Wildman–Crippen LogP) is 4.41. The first kappa shape index (κ1) is 23.8. The fourth-order valence-electron chi connectivity index (χ4n) is 5.29. The van der Waals surface area contributed by atoms with E-state index >= 15 is 0 Å². The first-order valence-electron chi connectivity index (χ1n) is 12.0. The number of carbonyl (C=O) groups excluding carboxylic acids is 2. The average Bonchev–Trinajstić information content (AvgIpc) is 3.16. The molecule has 2 amide bonds. The summed E-state index contributed by atoms with van der Waals surface area (Å²) in [6, 6.07) is 16.2. The number of aliphatic carboxylic acids is 1. The summed E-state index contributed by atoms with van der Waals surface area (Å²) in [4.78, 5) is 39.2. The molecule has 0 spiro atoms. The monoisotopic (exact) mass is 464 g/mol. The molecular formula is C27H32N2O5. The zero-order chi connectivity index (χ0) is 24.3. The molecule has 1 unspecified atom stereocenters. The highest BCUT2D eigenvalue weighted by molar-refractivity contribution is 5.90. The van der Waals surface area contributed by atoms with Gasteiger partial charge in [-0.05, 0) is 48.4 Å². The molecule has 0 saturated carbocycles. The first-order valence-corrected chi connectivity index (χ1v) is 12.0. The van der Waals surface area contributed by atoms with E-state index in [1.54, 1.807) is 11.8 Å². The molecule has 1 aliphatic carbocycles. The van der Waals surface area contributed by atoms with Crippen LogP contribution in [0.1, 0.15) is 56.6 Å². The van der Waals surface area contributed by atoms with E-state index in [2.05, 4.69) is 29.6 Å². The second-order valence-electron chi connectivity index (χ2n) is 9.46. The van der Waals surface area contributed by atoms with E-state index in [9.17, 15) is 19.5 Å². The largest absolute Gasteiger partial charge is 0.481 e. The van der Waals surface area contributed by atoms with E-state index in [1.165, 1.54) is 0 Å². The second-order valence-corrected chi connectivity index (χ2v) is 9.46. The Hall–Kier alpha value is -3.35. The molecule has 7 heteroatoms. The van der Waals surface area contributed by atoms with Crippen LogP contribution >= 0.6 is 0 Å². The number of carboxylic acid groups (broad SMARTS) is 1. The second kappa shape index (κ2) is 9.87. The van der Waals surface area contributed by atoms with E-state index in [4.69, 9.17) is 4.74 Å². The summed E-state index contributed by atoms with van der Waals surface area (Å²) in [5, 5.41) is 12.2. The standard InChI is InChI=1S/C27H32N2O5/c1-3-14-27(2,25(32)29-15-8-9-18(16-29)24(30)31)28-26(33)34-17-23-21-12-6-4-10-19(21)20-11-5-7-13-22(20)23/h4-7,10-13,18,23H,3,8-9,14-17H2,1-2H3,(H,28,33)(H,30,31)/t18-,27?/m1/s1. The Kier molecular flexibility index (Phi) is 6.91. The number of hydrogen-bond donors (Lipinski definition) is 2. The van der Waals surface area contributed by atoms with Crippen molar-refractivity contribution in [2.75, 3.05) is 19.7 Å². The molecule has 0 aromatic heterocycles. The van der Waals surface area contributed by atoms with Crippen molar-refractivity contribution in [1.82, 2.24) is 10.2 Å². The number of ether oxygens (including phenoxy) is 1. The summed E-state index contributed by atoms with van der Waals surface area (Å²) in [5.41, 5.74) is 3.39. The van der Waals surface area contributed by atoms with Crippen molar-refractivity contribution >= 4 is 18.0 Å². The number of hydrogen-bond acceptors (Lipinski definition) is 4. The van der Waals surface area contributed by atoms with Gasteiger partial charge >= 0.3 is 12.1 Å². The van der Waals surface area contributed by atoms with Gasteiger partial charge in [0, 0.05) is 19.0 Å². The smallest absolute Gasteiger partial charge is 0.408 e. The highest BCUT2D eigenvalue weighted by atomic mass is 16.5. The summed E-state index contributed by atoms with van der Waals surface area (Å²) in [6.45, 7) is 4.47. The highest BCUT2D eigenvalue weighted by Gasteiger charge is 2.40. The number of piperidine rings is 1. The minimum Gasteiger partial charge on any atom is -0.481 e. The SMILES string of the molecule is CCCC(C)(NC(=O)OCC1c2ccccc2-c2ccccc21)C(=O)N1CCC[C@@H](C(=O)O)C1. The fraction of sp³-hybridized carbons (Fsp3) is 0.444. The average molecular weight is 465 g/mol. The van der Waals surface area contributed by atoms with Crippen molar-refractivity contribution in [3.05, 3.63) is 59.7 Å².